The van der Waals surface area contributed by atoms with Gasteiger partial charge in [-0.05, 0) is 54.6 Å². The Morgan fingerprint density at radius 2 is 1.67 bits per heavy atom. The largest absolute Gasteiger partial charge is 0.504 e. The van der Waals surface area contributed by atoms with Crippen LogP contribution in [0.3, 0.4) is 0 Å². The summed E-state index contributed by atoms with van der Waals surface area (Å²) in [5, 5.41) is 15.1. The predicted octanol–water partition coefficient (Wildman–Crippen LogP) is 6.69. The summed E-state index contributed by atoms with van der Waals surface area (Å²) in [6.07, 6.45) is 0.326. The number of allylic oxidation sites excluding steroid dienone is 1. The summed E-state index contributed by atoms with van der Waals surface area (Å²) in [6.45, 7) is 0. The van der Waals surface area contributed by atoms with E-state index in [1.165, 1.54) is 0 Å². The Morgan fingerprint density at radius 1 is 1.00 bits per heavy atom. The molecule has 3 aromatic carbocycles. The zero-order valence-corrected chi connectivity index (χ0v) is 20.3. The van der Waals surface area contributed by atoms with Crippen LogP contribution in [0.2, 0.25) is 15.1 Å². The molecule has 0 aromatic heterocycles. The predicted molar refractivity (Wildman–Crippen MR) is 135 cm³/mol. The number of fused-ring (bicyclic) bond motifs is 1. The lowest BCUT2D eigenvalue weighted by Gasteiger charge is -2.40. The van der Waals surface area contributed by atoms with Gasteiger partial charge in [-0.15, -0.1) is 0 Å². The molecule has 0 radical (unpaired) electrons. The number of likely N-dealkylation sites (N-methyl/N-ethyl adjacent to an activating group) is 1. The number of hydrogen-bond acceptors (Lipinski definition) is 5. The average Bonchev–Trinajstić information content (AvgIpc) is 3.09. The Morgan fingerprint density at radius 3 is 2.33 bits per heavy atom. The number of rotatable bonds is 6. The van der Waals surface area contributed by atoms with Crippen LogP contribution in [0, 0.1) is 0 Å². The van der Waals surface area contributed by atoms with Gasteiger partial charge < -0.3 is 15.3 Å². The molecule has 1 amide bonds. The number of halogens is 3. The summed E-state index contributed by atoms with van der Waals surface area (Å²) in [4.78, 5) is 28.1. The van der Waals surface area contributed by atoms with Gasteiger partial charge in [0, 0.05) is 43.9 Å². The number of aldehydes is 1. The number of hydrogen-bond donors (Lipinski definition) is 2. The molecule has 0 fully saturated rings. The number of nitrogens with one attached hydrogen (secondary N) is 1. The Balaban J connectivity index is 2.00. The lowest BCUT2D eigenvalue weighted by molar-refractivity contribution is -0.119. The van der Waals surface area contributed by atoms with E-state index < -0.39 is 17.2 Å². The fourth-order valence-corrected chi connectivity index (χ4v) is 5.48. The second-order valence-electron chi connectivity index (χ2n) is 7.28. The topological polar surface area (TPSA) is 69.6 Å². The molecule has 168 valence electrons. The van der Waals surface area contributed by atoms with E-state index in [1.54, 1.807) is 78.7 Å². The molecule has 1 aliphatic heterocycles. The van der Waals surface area contributed by atoms with Gasteiger partial charge in [-0.1, -0.05) is 58.7 Å². The molecule has 9 heteroatoms. The summed E-state index contributed by atoms with van der Waals surface area (Å²) in [7, 11) is 1.70. The summed E-state index contributed by atoms with van der Waals surface area (Å²) in [5.41, 5.74) is 0.0340. The molecule has 33 heavy (non-hydrogen) atoms. The van der Waals surface area contributed by atoms with Gasteiger partial charge in [0.05, 0.1) is 4.91 Å². The van der Waals surface area contributed by atoms with E-state index in [-0.39, 0.29) is 4.91 Å². The van der Waals surface area contributed by atoms with Crippen molar-refractivity contribution < 1.29 is 14.7 Å². The van der Waals surface area contributed by atoms with Crippen molar-refractivity contribution in [3.63, 3.8) is 0 Å². The minimum atomic E-state index is -1.58. The normalized spacial score (nSPS) is 17.8. The van der Waals surface area contributed by atoms with Crippen LogP contribution in [0.25, 0.3) is 0 Å². The van der Waals surface area contributed by atoms with Gasteiger partial charge in [0.2, 0.25) is 0 Å². The Kier molecular flexibility index (Phi) is 6.64. The Bertz CT molecular complexity index is 1280. The van der Waals surface area contributed by atoms with Gasteiger partial charge in [0.1, 0.15) is 0 Å². The number of carbonyl (C=O) groups is 2. The molecule has 0 bridgehead atoms. The number of aliphatic hydroxyl groups excluding tert-OH is 1. The van der Waals surface area contributed by atoms with E-state index in [4.69, 9.17) is 34.8 Å². The van der Waals surface area contributed by atoms with Crippen LogP contribution < -0.4 is 10.2 Å². The summed E-state index contributed by atoms with van der Waals surface area (Å²) >= 11 is 19.5. The van der Waals surface area contributed by atoms with Crippen molar-refractivity contribution in [2.45, 2.75) is 10.4 Å². The fourth-order valence-electron chi connectivity index (χ4n) is 3.85. The highest BCUT2D eigenvalue weighted by Gasteiger charge is 2.55. The molecule has 0 spiro atoms. The standard InChI is InChI=1S/C24H17Cl3N2O3S/c1-29(17-4-2-3-15(26)11-17)24(19-10-7-16(27)12-20(19)28-23(24)32)22(21(31)13-30)33-18-8-5-14(25)6-9-18/h2-13,31H,1H3,(H,28,32)/b22-21-. The number of amides is 1. The maximum absolute atomic E-state index is 13.7. The third-order valence-electron chi connectivity index (χ3n) is 5.35. The van der Waals surface area contributed by atoms with Gasteiger partial charge in [0.25, 0.3) is 5.91 Å². The van der Waals surface area contributed by atoms with E-state index in [0.717, 1.165) is 11.8 Å². The third-order valence-corrected chi connectivity index (χ3v) is 7.29. The first-order valence-corrected chi connectivity index (χ1v) is 11.7. The summed E-state index contributed by atoms with van der Waals surface area (Å²) < 4.78 is 0. The number of benzene rings is 3. The van der Waals surface area contributed by atoms with Gasteiger partial charge in [-0.3, -0.25) is 9.59 Å². The fraction of sp³-hybridized carbons (Fsp3) is 0.0833. The lowest BCUT2D eigenvalue weighted by Crippen LogP contribution is -2.51. The van der Waals surface area contributed by atoms with Crippen molar-refractivity contribution in [2.75, 3.05) is 17.3 Å². The highest BCUT2D eigenvalue weighted by atomic mass is 35.5. The smallest absolute Gasteiger partial charge is 0.260 e. The second-order valence-corrected chi connectivity index (χ2v) is 9.67. The van der Waals surface area contributed by atoms with Crippen molar-refractivity contribution >= 4 is 70.1 Å². The molecular formula is C24H17Cl3N2O3S. The number of aliphatic hydroxyl groups is 1. The number of thioether (sulfide) groups is 1. The monoisotopic (exact) mass is 518 g/mol. The van der Waals surface area contributed by atoms with Crippen LogP contribution >= 0.6 is 46.6 Å². The maximum atomic E-state index is 13.7. The molecule has 4 rings (SSSR count). The third kappa shape index (κ3) is 4.20. The van der Waals surface area contributed by atoms with Crippen molar-refractivity contribution in [2.24, 2.45) is 0 Å². The molecule has 5 nitrogen and oxygen atoms in total. The van der Waals surface area contributed by atoms with Crippen LogP contribution in [-0.2, 0) is 15.1 Å². The molecule has 1 aliphatic rings. The molecule has 1 heterocycles. The van der Waals surface area contributed by atoms with Crippen molar-refractivity contribution in [3.8, 4) is 0 Å². The number of nitrogens with zero attached hydrogens (tertiary/aromatic N) is 1. The molecule has 0 aliphatic carbocycles. The highest BCUT2D eigenvalue weighted by Crippen LogP contribution is 2.53. The lowest BCUT2D eigenvalue weighted by atomic mass is 9.87. The minimum Gasteiger partial charge on any atom is -0.504 e. The quantitative estimate of drug-likeness (QED) is 0.164. The van der Waals surface area contributed by atoms with Gasteiger partial charge >= 0.3 is 0 Å². The molecule has 3 aromatic rings. The Labute approximate surface area is 209 Å². The van der Waals surface area contributed by atoms with Crippen LogP contribution in [-0.4, -0.2) is 24.3 Å². The average molecular weight is 520 g/mol. The van der Waals surface area contributed by atoms with E-state index >= 15 is 0 Å². The SMILES string of the molecule is CN(c1cccc(Cl)c1)C1(/C(Sc2ccc(Cl)cc2)=C(/O)C=O)C(=O)Nc2cc(Cl)ccc21. The van der Waals surface area contributed by atoms with Crippen molar-refractivity contribution in [1.29, 1.82) is 0 Å². The van der Waals surface area contributed by atoms with Gasteiger partial charge in [0.15, 0.2) is 17.6 Å². The van der Waals surface area contributed by atoms with E-state index in [2.05, 4.69) is 5.32 Å². The van der Waals surface area contributed by atoms with Gasteiger partial charge in [-0.2, -0.15) is 0 Å². The highest BCUT2D eigenvalue weighted by molar-refractivity contribution is 8.03. The number of anilines is 2. The summed E-state index contributed by atoms with van der Waals surface area (Å²) in [5.74, 6) is -1.02. The molecule has 0 saturated carbocycles. The van der Waals surface area contributed by atoms with Crippen molar-refractivity contribution in [1.82, 2.24) is 0 Å². The maximum Gasteiger partial charge on any atom is 0.260 e. The summed E-state index contributed by atoms with van der Waals surface area (Å²) in [6, 6.07) is 18.8. The zero-order valence-electron chi connectivity index (χ0n) is 17.2. The van der Waals surface area contributed by atoms with Crippen LogP contribution in [0.5, 0.6) is 0 Å². The molecule has 0 saturated heterocycles. The molecule has 1 unspecified atom stereocenters. The van der Waals surface area contributed by atoms with Crippen molar-refractivity contribution in [3.05, 3.63) is 98.0 Å². The Hall–Kier alpha value is -2.64. The molecular weight excluding hydrogens is 503 g/mol. The van der Waals surface area contributed by atoms with Gasteiger partial charge in [-0.25, -0.2) is 0 Å². The van der Waals surface area contributed by atoms with Crippen LogP contribution in [0.15, 0.2) is 82.3 Å². The number of carbonyl (C=O) groups excluding carboxylic acids is 2. The molecule has 1 atom stereocenters. The minimum absolute atomic E-state index is 0.126. The van der Waals surface area contributed by atoms with E-state index in [1.807, 2.05) is 0 Å². The van der Waals surface area contributed by atoms with Crippen LogP contribution in [0.4, 0.5) is 11.4 Å². The first-order valence-electron chi connectivity index (χ1n) is 9.70. The second kappa shape index (κ2) is 9.31. The zero-order chi connectivity index (χ0) is 23.8. The molecule has 2 N–H and O–H groups in total. The first-order chi connectivity index (χ1) is 15.8. The first kappa shape index (κ1) is 23.5. The van der Waals surface area contributed by atoms with E-state index in [0.29, 0.717) is 43.2 Å². The van der Waals surface area contributed by atoms with Crippen LogP contribution in [0.1, 0.15) is 5.56 Å². The van der Waals surface area contributed by atoms with E-state index in [9.17, 15) is 14.7 Å².